The normalized spacial score (nSPS) is 11.1. The number of benzene rings is 1. The zero-order valence-electron chi connectivity index (χ0n) is 8.10. The van der Waals surface area contributed by atoms with Crippen LogP contribution in [0.1, 0.15) is 22.8 Å². The van der Waals surface area contributed by atoms with Gasteiger partial charge in [-0.15, -0.1) is 0 Å². The Bertz CT molecular complexity index is 432. The van der Waals surface area contributed by atoms with Crippen molar-refractivity contribution in [2.75, 3.05) is 0 Å². The average Bonchev–Trinajstić information content (AvgIpc) is 2.20. The number of hydrogen-bond donors (Lipinski definition) is 2. The maximum atomic E-state index is 10.6. The molecule has 0 spiro atoms. The Balaban J connectivity index is 3.30. The summed E-state index contributed by atoms with van der Waals surface area (Å²) < 4.78 is 0. The predicted octanol–water partition coefficient (Wildman–Crippen LogP) is 1.69. The molecule has 1 aromatic carbocycles. The van der Waals surface area contributed by atoms with Gasteiger partial charge in [-0.2, -0.15) is 0 Å². The van der Waals surface area contributed by atoms with Crippen molar-refractivity contribution in [2.24, 2.45) is 0 Å². The molecule has 2 N–H and O–H groups in total. The maximum Gasteiger partial charge on any atom is 0.331 e. The summed E-state index contributed by atoms with van der Waals surface area (Å²) in [6.07, 6.45) is 1.84. The fourth-order valence-electron chi connectivity index (χ4n) is 1.11. The topological polar surface area (TPSA) is 74.6 Å². The van der Waals surface area contributed by atoms with E-state index in [-0.39, 0.29) is 22.4 Å². The van der Waals surface area contributed by atoms with Gasteiger partial charge in [0, 0.05) is 16.7 Å². The summed E-state index contributed by atoms with van der Waals surface area (Å²) in [6.45, 7) is 1.39. The van der Waals surface area contributed by atoms with Crippen LogP contribution in [-0.2, 0) is 4.79 Å². The molecule has 0 amide bonds. The number of carbonyl (C=O) groups is 2. The summed E-state index contributed by atoms with van der Waals surface area (Å²) in [7, 11) is 0. The van der Waals surface area contributed by atoms with Gasteiger partial charge in [0.25, 0.3) is 0 Å². The number of phenolic OH excluding ortho intramolecular Hbond substituents is 1. The molecule has 0 aliphatic carbocycles. The number of aliphatic carboxylic acids is 1. The Morgan fingerprint density at radius 3 is 2.60 bits per heavy atom. The number of hydrogen-bond acceptors (Lipinski definition) is 3. The molecule has 1 aromatic rings. The molecule has 0 bridgehead atoms. The number of carbonyl (C=O) groups excluding carboxylic acids is 1. The van der Waals surface area contributed by atoms with Gasteiger partial charge in [0.05, 0.1) is 0 Å². The van der Waals surface area contributed by atoms with Crippen LogP contribution in [0.4, 0.5) is 0 Å². The van der Waals surface area contributed by atoms with Gasteiger partial charge in [0.15, 0.2) is 6.29 Å². The van der Waals surface area contributed by atoms with E-state index in [1.54, 1.807) is 0 Å². The van der Waals surface area contributed by atoms with Gasteiger partial charge in [0.2, 0.25) is 0 Å². The molecule has 0 saturated carbocycles. The van der Waals surface area contributed by atoms with Crippen molar-refractivity contribution in [2.45, 2.75) is 6.92 Å². The monoisotopic (exact) mass is 206 g/mol. The quantitative estimate of drug-likeness (QED) is 0.583. The van der Waals surface area contributed by atoms with Crippen LogP contribution in [0.2, 0.25) is 0 Å². The minimum absolute atomic E-state index is 0.0552. The molecule has 0 aliphatic heterocycles. The van der Waals surface area contributed by atoms with E-state index >= 15 is 0 Å². The van der Waals surface area contributed by atoms with Gasteiger partial charge in [-0.05, 0) is 19.1 Å². The molecule has 4 nitrogen and oxygen atoms in total. The summed E-state index contributed by atoms with van der Waals surface area (Å²) in [5.74, 6) is -1.20. The SMILES string of the molecule is CC(=Cc1c(O)cccc1C=O)C(=O)O. The molecule has 0 fully saturated rings. The molecule has 15 heavy (non-hydrogen) atoms. The standard InChI is InChI=1S/C11H10O4/c1-7(11(14)15)5-9-8(6-12)3-2-4-10(9)13/h2-6,13H,1H3,(H,14,15). The van der Waals surface area contributed by atoms with Crippen molar-refractivity contribution in [3.8, 4) is 5.75 Å². The first-order valence-corrected chi connectivity index (χ1v) is 4.25. The fourth-order valence-corrected chi connectivity index (χ4v) is 1.11. The predicted molar refractivity (Wildman–Crippen MR) is 54.8 cm³/mol. The molecular weight excluding hydrogens is 196 g/mol. The average molecular weight is 206 g/mol. The molecule has 0 aromatic heterocycles. The Morgan fingerprint density at radius 1 is 1.40 bits per heavy atom. The van der Waals surface area contributed by atoms with E-state index < -0.39 is 5.97 Å². The van der Waals surface area contributed by atoms with Gasteiger partial charge < -0.3 is 10.2 Å². The van der Waals surface area contributed by atoms with Crippen molar-refractivity contribution < 1.29 is 19.8 Å². The molecule has 0 saturated heterocycles. The highest BCUT2D eigenvalue weighted by atomic mass is 16.4. The third-order valence-corrected chi connectivity index (χ3v) is 1.94. The van der Waals surface area contributed by atoms with Crippen LogP contribution in [0.3, 0.4) is 0 Å². The molecule has 78 valence electrons. The van der Waals surface area contributed by atoms with Crippen molar-refractivity contribution in [1.82, 2.24) is 0 Å². The molecule has 0 unspecified atom stereocenters. The van der Waals surface area contributed by atoms with E-state index in [0.29, 0.717) is 6.29 Å². The summed E-state index contributed by atoms with van der Waals surface area (Å²) in [5, 5.41) is 18.1. The highest BCUT2D eigenvalue weighted by Gasteiger charge is 2.07. The van der Waals surface area contributed by atoms with Crippen molar-refractivity contribution in [3.05, 3.63) is 34.9 Å². The Kier molecular flexibility index (Phi) is 3.23. The lowest BCUT2D eigenvalue weighted by Crippen LogP contribution is -1.96. The van der Waals surface area contributed by atoms with Crippen LogP contribution in [-0.4, -0.2) is 22.5 Å². The Morgan fingerprint density at radius 2 is 2.07 bits per heavy atom. The second kappa shape index (κ2) is 4.41. The second-order valence-electron chi connectivity index (χ2n) is 3.03. The zero-order valence-corrected chi connectivity index (χ0v) is 8.10. The van der Waals surface area contributed by atoms with E-state index in [4.69, 9.17) is 5.11 Å². The van der Waals surface area contributed by atoms with Gasteiger partial charge in [-0.3, -0.25) is 4.79 Å². The van der Waals surface area contributed by atoms with Crippen LogP contribution in [0, 0.1) is 0 Å². The summed E-state index contributed by atoms with van der Waals surface area (Å²) in [4.78, 5) is 21.2. The number of carboxylic acid groups (broad SMARTS) is 1. The first-order valence-electron chi connectivity index (χ1n) is 4.25. The molecule has 0 aliphatic rings. The number of carboxylic acids is 1. The third kappa shape index (κ3) is 2.43. The van der Waals surface area contributed by atoms with Crippen LogP contribution in [0.15, 0.2) is 23.8 Å². The van der Waals surface area contributed by atoms with E-state index in [2.05, 4.69) is 0 Å². The van der Waals surface area contributed by atoms with E-state index in [1.807, 2.05) is 0 Å². The fraction of sp³-hybridized carbons (Fsp3) is 0.0909. The number of phenols is 1. The molecule has 0 heterocycles. The summed E-state index contributed by atoms with van der Waals surface area (Å²) >= 11 is 0. The van der Waals surface area contributed by atoms with E-state index in [9.17, 15) is 14.7 Å². The molecule has 0 radical (unpaired) electrons. The van der Waals surface area contributed by atoms with E-state index in [0.717, 1.165) is 0 Å². The van der Waals surface area contributed by atoms with Gasteiger partial charge in [-0.1, -0.05) is 12.1 Å². The number of aldehydes is 1. The van der Waals surface area contributed by atoms with Gasteiger partial charge in [-0.25, -0.2) is 4.79 Å². The van der Waals surface area contributed by atoms with Crippen LogP contribution < -0.4 is 0 Å². The third-order valence-electron chi connectivity index (χ3n) is 1.94. The molecule has 0 atom stereocenters. The van der Waals surface area contributed by atoms with Crippen LogP contribution >= 0.6 is 0 Å². The Hall–Kier alpha value is -2.10. The molecule has 4 heteroatoms. The Labute approximate surface area is 86.5 Å². The summed E-state index contributed by atoms with van der Waals surface area (Å²) in [5.41, 5.74) is 0.544. The maximum absolute atomic E-state index is 10.6. The first kappa shape index (κ1) is 11.0. The van der Waals surface area contributed by atoms with Crippen LogP contribution in [0.25, 0.3) is 6.08 Å². The smallest absolute Gasteiger partial charge is 0.331 e. The summed E-state index contributed by atoms with van der Waals surface area (Å²) in [6, 6.07) is 4.42. The lowest BCUT2D eigenvalue weighted by Gasteiger charge is -2.02. The lowest BCUT2D eigenvalue weighted by atomic mass is 10.0. The number of rotatable bonds is 3. The van der Waals surface area contributed by atoms with Gasteiger partial charge >= 0.3 is 5.97 Å². The minimum Gasteiger partial charge on any atom is -0.507 e. The second-order valence-corrected chi connectivity index (χ2v) is 3.03. The van der Waals surface area contributed by atoms with Crippen molar-refractivity contribution in [1.29, 1.82) is 0 Å². The van der Waals surface area contributed by atoms with Crippen LogP contribution in [0.5, 0.6) is 5.75 Å². The lowest BCUT2D eigenvalue weighted by molar-refractivity contribution is -0.132. The molecular formula is C11H10O4. The first-order chi connectivity index (χ1) is 7.06. The molecule has 1 rings (SSSR count). The van der Waals surface area contributed by atoms with Crippen molar-refractivity contribution in [3.63, 3.8) is 0 Å². The minimum atomic E-state index is -1.09. The largest absolute Gasteiger partial charge is 0.507 e. The van der Waals surface area contributed by atoms with Crippen molar-refractivity contribution >= 4 is 18.3 Å². The van der Waals surface area contributed by atoms with Gasteiger partial charge in [0.1, 0.15) is 5.75 Å². The highest BCUT2D eigenvalue weighted by molar-refractivity contribution is 5.94. The highest BCUT2D eigenvalue weighted by Crippen LogP contribution is 2.22. The van der Waals surface area contributed by atoms with E-state index in [1.165, 1.54) is 31.2 Å². The zero-order chi connectivity index (χ0) is 11.4. The number of aromatic hydroxyl groups is 1.